The summed E-state index contributed by atoms with van der Waals surface area (Å²) in [6.07, 6.45) is 3.27. The Hall–Kier alpha value is -1.35. The molecule has 0 aliphatic carbocycles. The van der Waals surface area contributed by atoms with E-state index in [1.165, 1.54) is 5.56 Å². The number of amides is 1. The number of hydrogen-bond acceptors (Lipinski definition) is 2. The van der Waals surface area contributed by atoms with Crippen molar-refractivity contribution in [3.63, 3.8) is 0 Å². The topological polar surface area (TPSA) is 23.6 Å². The average molecular weight is 288 g/mol. The van der Waals surface area contributed by atoms with E-state index >= 15 is 0 Å². The molecule has 0 saturated carbocycles. The van der Waals surface area contributed by atoms with Gasteiger partial charge in [-0.25, -0.2) is 0 Å². The molecule has 0 N–H and O–H groups in total. The molecule has 0 radical (unpaired) electrons. The molecule has 1 aliphatic heterocycles. The highest BCUT2D eigenvalue weighted by Gasteiger charge is 2.27. The van der Waals surface area contributed by atoms with Crippen LogP contribution in [0.5, 0.6) is 0 Å². The lowest BCUT2D eigenvalue weighted by Crippen LogP contribution is -2.45. The van der Waals surface area contributed by atoms with E-state index < -0.39 is 0 Å². The summed E-state index contributed by atoms with van der Waals surface area (Å²) in [6.45, 7) is 8.92. The van der Waals surface area contributed by atoms with Crippen LogP contribution >= 0.6 is 0 Å². The lowest BCUT2D eigenvalue weighted by molar-refractivity contribution is -0.136. The molecule has 116 valence electrons. The zero-order valence-electron chi connectivity index (χ0n) is 13.4. The summed E-state index contributed by atoms with van der Waals surface area (Å²) in [5.74, 6) is 0.554. The number of rotatable bonds is 6. The van der Waals surface area contributed by atoms with Crippen LogP contribution < -0.4 is 0 Å². The van der Waals surface area contributed by atoms with Gasteiger partial charge in [0.25, 0.3) is 0 Å². The molecule has 0 aromatic heterocycles. The van der Waals surface area contributed by atoms with Crippen LogP contribution in [-0.4, -0.2) is 48.4 Å². The minimum absolute atomic E-state index is 0.203. The molecule has 3 nitrogen and oxygen atoms in total. The van der Waals surface area contributed by atoms with Gasteiger partial charge in [-0.2, -0.15) is 0 Å². The Morgan fingerprint density at radius 1 is 1.24 bits per heavy atom. The highest BCUT2D eigenvalue weighted by Crippen LogP contribution is 2.19. The Balaban J connectivity index is 1.84. The first-order valence-electron chi connectivity index (χ1n) is 8.29. The fourth-order valence-electron chi connectivity index (χ4n) is 3.19. The Morgan fingerprint density at radius 2 is 1.95 bits per heavy atom. The van der Waals surface area contributed by atoms with Gasteiger partial charge < -0.3 is 9.80 Å². The smallest absolute Gasteiger partial charge is 0.226 e. The molecule has 21 heavy (non-hydrogen) atoms. The van der Waals surface area contributed by atoms with E-state index in [1.54, 1.807) is 0 Å². The van der Waals surface area contributed by atoms with Gasteiger partial charge in [0.15, 0.2) is 0 Å². The summed E-state index contributed by atoms with van der Waals surface area (Å²) >= 11 is 0. The zero-order chi connectivity index (χ0) is 15.1. The molecule has 1 amide bonds. The molecular formula is C18H28N2O. The van der Waals surface area contributed by atoms with Crippen molar-refractivity contribution < 1.29 is 4.79 Å². The summed E-state index contributed by atoms with van der Waals surface area (Å²) in [5.41, 5.74) is 1.38. The number of nitrogens with zero attached hydrogens (tertiary/aromatic N) is 2. The molecule has 0 spiro atoms. The van der Waals surface area contributed by atoms with Gasteiger partial charge in [-0.3, -0.25) is 4.79 Å². The molecule has 1 saturated heterocycles. The Labute approximate surface area is 128 Å². The first-order valence-corrected chi connectivity index (χ1v) is 8.29. The first-order chi connectivity index (χ1) is 10.2. The molecule has 3 heteroatoms. The molecule has 2 rings (SSSR count). The van der Waals surface area contributed by atoms with Crippen molar-refractivity contribution in [2.75, 3.05) is 32.7 Å². The number of benzene rings is 1. The molecular weight excluding hydrogens is 260 g/mol. The van der Waals surface area contributed by atoms with Crippen molar-refractivity contribution in [2.45, 2.75) is 33.1 Å². The van der Waals surface area contributed by atoms with Crippen LogP contribution in [0.15, 0.2) is 30.3 Å². The van der Waals surface area contributed by atoms with Gasteiger partial charge >= 0.3 is 0 Å². The Morgan fingerprint density at radius 3 is 2.62 bits per heavy atom. The number of carbonyl (C=O) groups excluding carboxylic acids is 1. The molecule has 1 fully saturated rings. The van der Waals surface area contributed by atoms with Crippen molar-refractivity contribution in [1.82, 2.24) is 9.80 Å². The number of piperidine rings is 1. The van der Waals surface area contributed by atoms with Gasteiger partial charge in [0.05, 0.1) is 5.92 Å². The third-order valence-electron chi connectivity index (χ3n) is 4.49. The maximum Gasteiger partial charge on any atom is 0.226 e. The number of hydrogen-bond donors (Lipinski definition) is 0. The maximum absolute atomic E-state index is 12.5. The van der Waals surface area contributed by atoms with E-state index in [-0.39, 0.29) is 5.92 Å². The van der Waals surface area contributed by atoms with E-state index in [2.05, 4.69) is 49.1 Å². The highest BCUT2D eigenvalue weighted by molar-refractivity contribution is 5.79. The van der Waals surface area contributed by atoms with E-state index in [1.807, 2.05) is 4.90 Å². The van der Waals surface area contributed by atoms with Crippen LogP contribution in [0.4, 0.5) is 0 Å². The second-order valence-electron chi connectivity index (χ2n) is 5.89. The van der Waals surface area contributed by atoms with Crippen molar-refractivity contribution in [3.8, 4) is 0 Å². The third-order valence-corrected chi connectivity index (χ3v) is 4.49. The largest absolute Gasteiger partial charge is 0.343 e. The molecule has 1 atom stereocenters. The fourth-order valence-corrected chi connectivity index (χ4v) is 3.19. The van der Waals surface area contributed by atoms with Crippen molar-refractivity contribution >= 4 is 5.91 Å². The summed E-state index contributed by atoms with van der Waals surface area (Å²) in [4.78, 5) is 16.9. The Kier molecular flexibility index (Phi) is 6.24. The van der Waals surface area contributed by atoms with Crippen LogP contribution in [0.25, 0.3) is 0 Å². The standard InChI is InChI=1S/C18H28N2O/c1-3-20(4-2)18(21)17-11-8-13-19(15-17)14-12-16-9-6-5-7-10-16/h5-7,9-10,17H,3-4,8,11-15H2,1-2H3/t17-/m0/s1. The molecule has 1 aromatic rings. The minimum Gasteiger partial charge on any atom is -0.343 e. The predicted octanol–water partition coefficient (Wildman–Crippen LogP) is 2.81. The first kappa shape index (κ1) is 16.0. The number of likely N-dealkylation sites (tertiary alicyclic amines) is 1. The number of carbonyl (C=O) groups is 1. The second kappa shape index (κ2) is 8.18. The maximum atomic E-state index is 12.5. The fraction of sp³-hybridized carbons (Fsp3) is 0.611. The van der Waals surface area contributed by atoms with E-state index in [0.717, 1.165) is 52.0 Å². The van der Waals surface area contributed by atoms with Crippen LogP contribution in [0.1, 0.15) is 32.3 Å². The monoisotopic (exact) mass is 288 g/mol. The van der Waals surface area contributed by atoms with Gasteiger partial charge in [0, 0.05) is 26.2 Å². The minimum atomic E-state index is 0.203. The van der Waals surface area contributed by atoms with Gasteiger partial charge in [-0.15, -0.1) is 0 Å². The summed E-state index contributed by atoms with van der Waals surface area (Å²) < 4.78 is 0. The molecule has 0 unspecified atom stereocenters. The van der Waals surface area contributed by atoms with Crippen molar-refractivity contribution in [2.24, 2.45) is 5.92 Å². The van der Waals surface area contributed by atoms with Gasteiger partial charge in [-0.1, -0.05) is 30.3 Å². The highest BCUT2D eigenvalue weighted by atomic mass is 16.2. The van der Waals surface area contributed by atoms with Crippen LogP contribution in [0.3, 0.4) is 0 Å². The molecule has 1 heterocycles. The zero-order valence-corrected chi connectivity index (χ0v) is 13.4. The molecule has 1 aromatic carbocycles. The van der Waals surface area contributed by atoms with E-state index in [0.29, 0.717) is 5.91 Å². The summed E-state index contributed by atoms with van der Waals surface area (Å²) in [5, 5.41) is 0. The van der Waals surface area contributed by atoms with Crippen LogP contribution in [0, 0.1) is 5.92 Å². The van der Waals surface area contributed by atoms with E-state index in [4.69, 9.17) is 0 Å². The van der Waals surface area contributed by atoms with Gasteiger partial charge in [0.1, 0.15) is 0 Å². The summed E-state index contributed by atoms with van der Waals surface area (Å²) in [7, 11) is 0. The van der Waals surface area contributed by atoms with Crippen molar-refractivity contribution in [1.29, 1.82) is 0 Å². The van der Waals surface area contributed by atoms with Crippen LogP contribution in [0.2, 0.25) is 0 Å². The molecule has 0 bridgehead atoms. The quantitative estimate of drug-likeness (QED) is 0.803. The lowest BCUT2D eigenvalue weighted by atomic mass is 9.96. The molecule has 1 aliphatic rings. The van der Waals surface area contributed by atoms with Crippen molar-refractivity contribution in [3.05, 3.63) is 35.9 Å². The van der Waals surface area contributed by atoms with Gasteiger partial charge in [0.2, 0.25) is 5.91 Å². The normalized spacial score (nSPS) is 19.4. The predicted molar refractivity (Wildman–Crippen MR) is 87.2 cm³/mol. The van der Waals surface area contributed by atoms with Gasteiger partial charge in [-0.05, 0) is 45.2 Å². The van der Waals surface area contributed by atoms with Crippen LogP contribution in [-0.2, 0) is 11.2 Å². The lowest BCUT2D eigenvalue weighted by Gasteiger charge is -2.34. The SMILES string of the molecule is CCN(CC)C(=O)[C@H]1CCCN(CCc2ccccc2)C1. The third kappa shape index (κ3) is 4.57. The van der Waals surface area contributed by atoms with E-state index in [9.17, 15) is 4.79 Å². The summed E-state index contributed by atoms with van der Waals surface area (Å²) in [6, 6.07) is 10.6. The Bertz CT molecular complexity index is 428. The second-order valence-corrected chi connectivity index (χ2v) is 5.89. The average Bonchev–Trinajstić information content (AvgIpc) is 2.55.